The second-order valence-electron chi connectivity index (χ2n) is 4.86. The summed E-state index contributed by atoms with van der Waals surface area (Å²) in [5.41, 5.74) is -1.16. The zero-order valence-electron chi connectivity index (χ0n) is 10.2. The lowest BCUT2D eigenvalue weighted by molar-refractivity contribution is -0.144. The van der Waals surface area contributed by atoms with Gasteiger partial charge in [-0.15, -0.1) is 0 Å². The van der Waals surface area contributed by atoms with E-state index in [0.29, 0.717) is 0 Å². The Morgan fingerprint density at radius 2 is 2.11 bits per heavy atom. The van der Waals surface area contributed by atoms with Gasteiger partial charge in [-0.3, -0.25) is 4.79 Å². The van der Waals surface area contributed by atoms with Crippen molar-refractivity contribution in [2.75, 3.05) is 0 Å². The van der Waals surface area contributed by atoms with Crippen LogP contribution in [0.1, 0.15) is 30.1 Å². The molecule has 0 bridgehead atoms. The molecule has 0 heterocycles. The summed E-state index contributed by atoms with van der Waals surface area (Å²) in [4.78, 5) is 23.3. The Labute approximate surface area is 114 Å². The Bertz CT molecular complexity index is 545. The molecule has 1 aromatic rings. The molecule has 2 rings (SSSR count). The lowest BCUT2D eigenvalue weighted by Gasteiger charge is -2.26. The number of carbonyl (C=O) groups is 2. The van der Waals surface area contributed by atoms with Gasteiger partial charge in [0.15, 0.2) is 0 Å². The first-order chi connectivity index (χ1) is 8.84. The fourth-order valence-electron chi connectivity index (χ4n) is 1.94. The standard InChI is InChI=1S/C13H13ClFNO3/c1-13(12(18)19,8-3-4-8)16-11(17)7-2-5-10(15)9(14)6-7/h2,5-6,8H,3-4H2,1H3,(H,16,17)(H,18,19). The van der Waals surface area contributed by atoms with Crippen LogP contribution < -0.4 is 5.32 Å². The highest BCUT2D eigenvalue weighted by atomic mass is 35.5. The molecule has 1 saturated carbocycles. The van der Waals surface area contributed by atoms with Gasteiger partial charge in [-0.25, -0.2) is 9.18 Å². The van der Waals surface area contributed by atoms with E-state index in [-0.39, 0.29) is 16.5 Å². The Hall–Kier alpha value is -1.62. The van der Waals surface area contributed by atoms with Gasteiger partial charge in [0.1, 0.15) is 11.4 Å². The van der Waals surface area contributed by atoms with E-state index in [1.54, 1.807) is 0 Å². The summed E-state index contributed by atoms with van der Waals surface area (Å²) in [5, 5.41) is 11.6. The predicted octanol–water partition coefficient (Wildman–Crippen LogP) is 2.46. The summed E-state index contributed by atoms with van der Waals surface area (Å²) in [7, 11) is 0. The van der Waals surface area contributed by atoms with Gasteiger partial charge < -0.3 is 10.4 Å². The van der Waals surface area contributed by atoms with Gasteiger partial charge in [-0.1, -0.05) is 11.6 Å². The fraction of sp³-hybridized carbons (Fsp3) is 0.385. The summed E-state index contributed by atoms with van der Waals surface area (Å²) in [6.07, 6.45) is 1.54. The molecule has 1 aliphatic carbocycles. The first-order valence-corrected chi connectivity index (χ1v) is 6.23. The summed E-state index contributed by atoms with van der Waals surface area (Å²) in [5.74, 6) is -2.33. The number of amides is 1. The molecule has 102 valence electrons. The van der Waals surface area contributed by atoms with Crippen LogP contribution in [0.2, 0.25) is 5.02 Å². The van der Waals surface area contributed by atoms with E-state index in [0.717, 1.165) is 18.9 Å². The molecule has 0 aromatic heterocycles. The SMILES string of the molecule is CC(NC(=O)c1ccc(F)c(Cl)c1)(C(=O)O)C1CC1. The average Bonchev–Trinajstić information content (AvgIpc) is 3.16. The van der Waals surface area contributed by atoms with Crippen molar-refractivity contribution in [3.8, 4) is 0 Å². The van der Waals surface area contributed by atoms with E-state index in [1.807, 2.05) is 0 Å². The molecule has 1 aromatic carbocycles. The minimum Gasteiger partial charge on any atom is -0.480 e. The lowest BCUT2D eigenvalue weighted by Crippen LogP contribution is -2.54. The highest BCUT2D eigenvalue weighted by molar-refractivity contribution is 6.31. The average molecular weight is 286 g/mol. The molecular weight excluding hydrogens is 273 g/mol. The van der Waals surface area contributed by atoms with Crippen LogP contribution in [-0.4, -0.2) is 22.5 Å². The molecule has 1 amide bonds. The first-order valence-electron chi connectivity index (χ1n) is 5.85. The Balaban J connectivity index is 2.20. The molecule has 19 heavy (non-hydrogen) atoms. The van der Waals surface area contributed by atoms with Crippen LogP contribution in [0, 0.1) is 11.7 Å². The number of benzene rings is 1. The first kappa shape index (κ1) is 13.8. The number of carboxylic acid groups (broad SMARTS) is 1. The zero-order chi connectivity index (χ0) is 14.2. The summed E-state index contributed by atoms with van der Waals surface area (Å²) >= 11 is 5.60. The molecule has 0 spiro atoms. The van der Waals surface area contributed by atoms with Crippen LogP contribution in [0.15, 0.2) is 18.2 Å². The normalized spacial score (nSPS) is 17.6. The number of hydrogen-bond acceptors (Lipinski definition) is 2. The van der Waals surface area contributed by atoms with E-state index >= 15 is 0 Å². The van der Waals surface area contributed by atoms with Gasteiger partial charge in [0.2, 0.25) is 0 Å². The van der Waals surface area contributed by atoms with Crippen molar-refractivity contribution in [3.05, 3.63) is 34.6 Å². The number of carbonyl (C=O) groups excluding carboxylic acids is 1. The molecule has 1 atom stereocenters. The zero-order valence-corrected chi connectivity index (χ0v) is 11.0. The quantitative estimate of drug-likeness (QED) is 0.893. The van der Waals surface area contributed by atoms with Gasteiger partial charge in [-0.05, 0) is 43.9 Å². The third-order valence-corrected chi connectivity index (χ3v) is 3.68. The minimum absolute atomic E-state index is 0.0649. The van der Waals surface area contributed by atoms with Crippen molar-refractivity contribution in [2.45, 2.75) is 25.3 Å². The van der Waals surface area contributed by atoms with Crippen LogP contribution in [0.4, 0.5) is 4.39 Å². The lowest BCUT2D eigenvalue weighted by atomic mass is 9.95. The Kier molecular flexibility index (Phi) is 3.49. The molecule has 0 saturated heterocycles. The van der Waals surface area contributed by atoms with Gasteiger partial charge in [0.25, 0.3) is 5.91 Å². The van der Waals surface area contributed by atoms with Crippen molar-refractivity contribution >= 4 is 23.5 Å². The van der Waals surface area contributed by atoms with E-state index in [1.165, 1.54) is 19.1 Å². The largest absolute Gasteiger partial charge is 0.480 e. The van der Waals surface area contributed by atoms with E-state index in [9.17, 15) is 19.1 Å². The molecule has 6 heteroatoms. The van der Waals surface area contributed by atoms with Crippen molar-refractivity contribution in [2.24, 2.45) is 5.92 Å². The molecule has 2 N–H and O–H groups in total. The van der Waals surface area contributed by atoms with E-state index in [4.69, 9.17) is 11.6 Å². The fourth-order valence-corrected chi connectivity index (χ4v) is 2.12. The molecule has 0 radical (unpaired) electrons. The molecular formula is C13H13ClFNO3. The third-order valence-electron chi connectivity index (χ3n) is 3.39. The third kappa shape index (κ3) is 2.71. The van der Waals surface area contributed by atoms with Crippen LogP contribution in [0.25, 0.3) is 0 Å². The second kappa shape index (κ2) is 4.81. The molecule has 1 unspecified atom stereocenters. The molecule has 0 aliphatic heterocycles. The van der Waals surface area contributed by atoms with Gasteiger partial charge in [0, 0.05) is 5.56 Å². The van der Waals surface area contributed by atoms with Crippen LogP contribution in [0.3, 0.4) is 0 Å². The summed E-state index contributed by atoms with van der Waals surface area (Å²) in [6.45, 7) is 1.48. The number of carboxylic acids is 1. The highest BCUT2D eigenvalue weighted by Gasteiger charge is 2.48. The number of aliphatic carboxylic acids is 1. The topological polar surface area (TPSA) is 66.4 Å². The van der Waals surface area contributed by atoms with Gasteiger partial charge >= 0.3 is 5.97 Å². The van der Waals surface area contributed by atoms with E-state index < -0.39 is 23.2 Å². The Morgan fingerprint density at radius 1 is 1.47 bits per heavy atom. The minimum atomic E-state index is -1.29. The van der Waals surface area contributed by atoms with Gasteiger partial charge in [0.05, 0.1) is 5.02 Å². The van der Waals surface area contributed by atoms with Crippen molar-refractivity contribution < 1.29 is 19.1 Å². The Morgan fingerprint density at radius 3 is 2.58 bits per heavy atom. The summed E-state index contributed by atoms with van der Waals surface area (Å²) in [6, 6.07) is 3.53. The maximum absolute atomic E-state index is 13.0. The molecule has 1 fully saturated rings. The maximum Gasteiger partial charge on any atom is 0.329 e. The van der Waals surface area contributed by atoms with Gasteiger partial charge in [-0.2, -0.15) is 0 Å². The second-order valence-corrected chi connectivity index (χ2v) is 5.27. The van der Waals surface area contributed by atoms with Crippen LogP contribution >= 0.6 is 11.6 Å². The van der Waals surface area contributed by atoms with E-state index in [2.05, 4.69) is 5.32 Å². The predicted molar refractivity (Wildman–Crippen MR) is 67.6 cm³/mol. The van der Waals surface area contributed by atoms with Crippen LogP contribution in [0.5, 0.6) is 0 Å². The molecule has 1 aliphatic rings. The van der Waals surface area contributed by atoms with Crippen molar-refractivity contribution in [1.29, 1.82) is 0 Å². The number of nitrogens with one attached hydrogen (secondary N) is 1. The number of rotatable bonds is 4. The van der Waals surface area contributed by atoms with Crippen molar-refractivity contribution in [1.82, 2.24) is 5.32 Å². The number of halogens is 2. The monoisotopic (exact) mass is 285 g/mol. The van der Waals surface area contributed by atoms with Crippen LogP contribution in [-0.2, 0) is 4.79 Å². The van der Waals surface area contributed by atoms with Crippen molar-refractivity contribution in [3.63, 3.8) is 0 Å². The highest BCUT2D eigenvalue weighted by Crippen LogP contribution is 2.39. The number of hydrogen-bond donors (Lipinski definition) is 2. The summed E-state index contributed by atoms with van der Waals surface area (Å²) < 4.78 is 13.0. The maximum atomic E-state index is 13.0. The molecule has 4 nitrogen and oxygen atoms in total. The smallest absolute Gasteiger partial charge is 0.329 e.